The maximum atomic E-state index is 2.34. The molecule has 0 atom stereocenters. The van der Waals surface area contributed by atoms with Crippen molar-refractivity contribution in [2.75, 3.05) is 0 Å². The van der Waals surface area contributed by atoms with Crippen LogP contribution in [-0.2, 0) is 0 Å². The van der Waals surface area contributed by atoms with Crippen molar-refractivity contribution in [1.82, 2.24) is 0 Å². The standard InChI is InChI=1S/C15H32.C7H16.2C3H8/c1-14(2,3)12-10-8-7-9-11-13-15(4,5)6;1-5-6-7(2,3)4;2*1-3-2/h7-13H2,1-6H3;5-6H2,1-4H3;2*3H2,1-2H3. The highest BCUT2D eigenvalue weighted by atomic mass is 14.2. The monoisotopic (exact) mass is 401 g/mol. The zero-order valence-electron chi connectivity index (χ0n) is 23.3. The van der Waals surface area contributed by atoms with Gasteiger partial charge in [0.25, 0.3) is 0 Å². The molecule has 0 nitrogen and oxygen atoms in total. The van der Waals surface area contributed by atoms with Gasteiger partial charge in [0.2, 0.25) is 0 Å². The van der Waals surface area contributed by atoms with E-state index in [9.17, 15) is 0 Å². The zero-order chi connectivity index (χ0) is 23.3. The molecular weight excluding hydrogens is 336 g/mol. The van der Waals surface area contributed by atoms with E-state index in [-0.39, 0.29) is 0 Å². The fourth-order valence-electron chi connectivity index (χ4n) is 2.59. The first-order valence-electron chi connectivity index (χ1n) is 12.6. The molecule has 0 amide bonds. The smallest absolute Gasteiger partial charge is 0.0383 e. The van der Waals surface area contributed by atoms with Gasteiger partial charge in [-0.1, -0.05) is 148 Å². The quantitative estimate of drug-likeness (QED) is 0.372. The molecule has 0 rings (SSSR count). The van der Waals surface area contributed by atoms with Gasteiger partial charge >= 0.3 is 0 Å². The molecule has 0 aromatic carbocycles. The van der Waals surface area contributed by atoms with Gasteiger partial charge in [0.15, 0.2) is 0 Å². The predicted molar refractivity (Wildman–Crippen MR) is 138 cm³/mol. The molecular formula is C28H64. The van der Waals surface area contributed by atoms with E-state index in [1.807, 2.05) is 0 Å². The summed E-state index contributed by atoms with van der Waals surface area (Å²) in [5, 5.41) is 0. The summed E-state index contributed by atoms with van der Waals surface area (Å²) < 4.78 is 0. The van der Waals surface area contributed by atoms with Gasteiger partial charge in [-0.25, -0.2) is 0 Å². The van der Waals surface area contributed by atoms with E-state index >= 15 is 0 Å². The maximum Gasteiger partial charge on any atom is -0.0383 e. The molecule has 0 aliphatic heterocycles. The van der Waals surface area contributed by atoms with Gasteiger partial charge in [0, 0.05) is 0 Å². The Balaban J connectivity index is -0.000000183. The average molecular weight is 401 g/mol. The Morgan fingerprint density at radius 2 is 0.571 bits per heavy atom. The second-order valence-corrected chi connectivity index (χ2v) is 12.1. The highest BCUT2D eigenvalue weighted by Gasteiger charge is 2.10. The largest absolute Gasteiger partial charge is 0.0656 e. The van der Waals surface area contributed by atoms with Gasteiger partial charge in [-0.2, -0.15) is 0 Å². The van der Waals surface area contributed by atoms with E-state index in [4.69, 9.17) is 0 Å². The molecule has 0 saturated carbocycles. The lowest BCUT2D eigenvalue weighted by Gasteiger charge is -2.18. The van der Waals surface area contributed by atoms with Gasteiger partial charge in [-0.15, -0.1) is 0 Å². The molecule has 0 bridgehead atoms. The van der Waals surface area contributed by atoms with Gasteiger partial charge in [-0.05, 0) is 35.5 Å². The molecule has 0 unspecified atom stereocenters. The summed E-state index contributed by atoms with van der Waals surface area (Å²) in [4.78, 5) is 0. The third-order valence-electron chi connectivity index (χ3n) is 3.85. The summed E-state index contributed by atoms with van der Waals surface area (Å²) in [6.45, 7) is 31.6. The van der Waals surface area contributed by atoms with Gasteiger partial charge in [-0.3, -0.25) is 0 Å². The van der Waals surface area contributed by atoms with Crippen molar-refractivity contribution in [2.24, 2.45) is 16.2 Å². The summed E-state index contributed by atoms with van der Waals surface area (Å²) in [5.74, 6) is 0. The minimum absolute atomic E-state index is 0.533. The van der Waals surface area contributed by atoms with Crippen molar-refractivity contribution in [3.63, 3.8) is 0 Å². The third kappa shape index (κ3) is 63.5. The van der Waals surface area contributed by atoms with Crippen LogP contribution in [0.2, 0.25) is 0 Å². The van der Waals surface area contributed by atoms with Crippen LogP contribution in [0.4, 0.5) is 0 Å². The van der Waals surface area contributed by atoms with E-state index in [0.29, 0.717) is 16.2 Å². The first-order valence-corrected chi connectivity index (χ1v) is 12.6. The fourth-order valence-corrected chi connectivity index (χ4v) is 2.59. The predicted octanol–water partition coefficient (Wildman–Crippen LogP) is 11.5. The molecule has 176 valence electrons. The molecule has 0 aliphatic rings. The molecule has 0 aliphatic carbocycles. The van der Waals surface area contributed by atoms with E-state index in [2.05, 4.69) is 96.9 Å². The fraction of sp³-hybridized carbons (Fsp3) is 1.00. The van der Waals surface area contributed by atoms with Crippen LogP contribution in [0.25, 0.3) is 0 Å². The van der Waals surface area contributed by atoms with Crippen molar-refractivity contribution < 1.29 is 0 Å². The first kappa shape index (κ1) is 35.4. The first-order chi connectivity index (χ1) is 12.6. The lowest BCUT2D eigenvalue weighted by molar-refractivity contribution is 0.343. The van der Waals surface area contributed by atoms with Crippen LogP contribution in [0.1, 0.15) is 168 Å². The summed E-state index contributed by atoms with van der Waals surface area (Å²) in [7, 11) is 0. The number of hydrogen-bond donors (Lipinski definition) is 0. The van der Waals surface area contributed by atoms with Gasteiger partial charge in [0.05, 0.1) is 0 Å². The zero-order valence-corrected chi connectivity index (χ0v) is 23.3. The summed E-state index contributed by atoms with van der Waals surface area (Å²) >= 11 is 0. The average Bonchev–Trinajstić information content (AvgIpc) is 2.45. The molecule has 0 radical (unpaired) electrons. The summed E-state index contributed by atoms with van der Waals surface area (Å²) in [6, 6.07) is 0. The highest BCUT2D eigenvalue weighted by molar-refractivity contribution is 4.63. The number of hydrogen-bond acceptors (Lipinski definition) is 0. The van der Waals surface area contributed by atoms with Crippen molar-refractivity contribution in [2.45, 2.75) is 168 Å². The second kappa shape index (κ2) is 21.7. The van der Waals surface area contributed by atoms with Crippen LogP contribution >= 0.6 is 0 Å². The van der Waals surface area contributed by atoms with Crippen LogP contribution in [0.5, 0.6) is 0 Å². The third-order valence-corrected chi connectivity index (χ3v) is 3.85. The Morgan fingerprint density at radius 1 is 0.357 bits per heavy atom. The molecule has 0 fully saturated rings. The molecule has 0 heteroatoms. The summed E-state index contributed by atoms with van der Waals surface area (Å²) in [5.41, 5.74) is 1.62. The summed E-state index contributed by atoms with van der Waals surface area (Å²) in [6.07, 6.45) is 15.0. The van der Waals surface area contributed by atoms with E-state index < -0.39 is 0 Å². The number of unbranched alkanes of at least 4 members (excludes halogenated alkanes) is 4. The lowest BCUT2D eigenvalue weighted by atomic mass is 9.88. The number of rotatable bonds is 7. The molecule has 0 heterocycles. The van der Waals surface area contributed by atoms with Crippen LogP contribution < -0.4 is 0 Å². The van der Waals surface area contributed by atoms with Gasteiger partial charge in [0.1, 0.15) is 0 Å². The SMILES string of the molecule is CC(C)(C)CCCCCCCC(C)(C)C.CCC.CCC.CCCC(C)(C)C. The van der Waals surface area contributed by atoms with E-state index in [1.54, 1.807) is 0 Å². The minimum Gasteiger partial charge on any atom is -0.0656 e. The Bertz CT molecular complexity index is 233. The lowest BCUT2D eigenvalue weighted by Crippen LogP contribution is -2.04. The topological polar surface area (TPSA) is 0 Å². The van der Waals surface area contributed by atoms with Crippen LogP contribution in [0.3, 0.4) is 0 Å². The Labute approximate surface area is 184 Å². The van der Waals surface area contributed by atoms with Gasteiger partial charge < -0.3 is 0 Å². The van der Waals surface area contributed by atoms with Crippen LogP contribution in [0.15, 0.2) is 0 Å². The molecule has 0 saturated heterocycles. The van der Waals surface area contributed by atoms with Crippen molar-refractivity contribution in [3.8, 4) is 0 Å². The molecule has 0 aromatic heterocycles. The highest BCUT2D eigenvalue weighted by Crippen LogP contribution is 2.24. The molecule has 0 aromatic rings. The molecule has 0 spiro atoms. The van der Waals surface area contributed by atoms with Crippen molar-refractivity contribution in [3.05, 3.63) is 0 Å². The molecule has 28 heavy (non-hydrogen) atoms. The van der Waals surface area contributed by atoms with Crippen molar-refractivity contribution >= 4 is 0 Å². The van der Waals surface area contributed by atoms with E-state index in [1.165, 1.54) is 70.6 Å². The normalized spacial score (nSPS) is 11.4. The Kier molecular flexibility index (Phi) is 27.5. The van der Waals surface area contributed by atoms with E-state index in [0.717, 1.165) is 0 Å². The Hall–Kier alpha value is 0. The van der Waals surface area contributed by atoms with Crippen molar-refractivity contribution in [1.29, 1.82) is 0 Å². The Morgan fingerprint density at radius 3 is 0.714 bits per heavy atom. The molecule has 0 N–H and O–H groups in total. The second-order valence-electron chi connectivity index (χ2n) is 12.1. The minimum atomic E-state index is 0.533. The van der Waals surface area contributed by atoms with Crippen LogP contribution in [0, 0.1) is 16.2 Å². The van der Waals surface area contributed by atoms with Crippen LogP contribution in [-0.4, -0.2) is 0 Å². The maximum absolute atomic E-state index is 2.34.